The highest BCUT2D eigenvalue weighted by atomic mass is 32.2. The van der Waals surface area contributed by atoms with Gasteiger partial charge < -0.3 is 9.38 Å². The van der Waals surface area contributed by atoms with Crippen molar-refractivity contribution in [1.29, 1.82) is 0 Å². The van der Waals surface area contributed by atoms with E-state index in [0.717, 1.165) is 33.3 Å². The van der Waals surface area contributed by atoms with Crippen LogP contribution in [-0.2, 0) is 5.75 Å². The summed E-state index contributed by atoms with van der Waals surface area (Å²) in [6.45, 7) is 2.07. The molecule has 0 unspecified atom stereocenters. The molecular formula is C16H14N4S. The van der Waals surface area contributed by atoms with Crippen molar-refractivity contribution in [1.82, 2.24) is 19.4 Å². The molecular weight excluding hydrogens is 280 g/mol. The monoisotopic (exact) mass is 294 g/mol. The fourth-order valence-corrected chi connectivity index (χ4v) is 3.31. The molecule has 3 heterocycles. The molecule has 0 radical (unpaired) electrons. The SMILES string of the molecule is Cc1cnc2c(CSc3nc4ccccc4[nH]3)cccn12. The van der Waals surface area contributed by atoms with Gasteiger partial charge in [0.05, 0.1) is 11.0 Å². The van der Waals surface area contributed by atoms with Gasteiger partial charge in [-0.25, -0.2) is 9.97 Å². The summed E-state index contributed by atoms with van der Waals surface area (Å²) in [5.41, 5.74) is 5.49. The van der Waals surface area contributed by atoms with Crippen LogP contribution in [0.15, 0.2) is 53.9 Å². The second-order valence-corrected chi connectivity index (χ2v) is 5.94. The molecule has 5 heteroatoms. The van der Waals surface area contributed by atoms with Crippen LogP contribution < -0.4 is 0 Å². The lowest BCUT2D eigenvalue weighted by Gasteiger charge is -2.03. The van der Waals surface area contributed by atoms with E-state index in [-0.39, 0.29) is 0 Å². The number of para-hydroxylation sites is 2. The fourth-order valence-electron chi connectivity index (χ4n) is 2.45. The molecule has 0 bridgehead atoms. The Bertz CT molecular complexity index is 889. The molecule has 0 saturated carbocycles. The Morgan fingerprint density at radius 3 is 3.00 bits per heavy atom. The van der Waals surface area contributed by atoms with Gasteiger partial charge in [-0.05, 0) is 25.1 Å². The molecule has 4 nitrogen and oxygen atoms in total. The normalized spacial score (nSPS) is 11.5. The number of nitrogens with zero attached hydrogens (tertiary/aromatic N) is 3. The van der Waals surface area contributed by atoms with Gasteiger partial charge in [0.25, 0.3) is 0 Å². The molecule has 0 aliphatic heterocycles. The van der Waals surface area contributed by atoms with E-state index in [1.165, 1.54) is 5.56 Å². The van der Waals surface area contributed by atoms with Crippen molar-refractivity contribution in [3.8, 4) is 0 Å². The number of fused-ring (bicyclic) bond motifs is 2. The van der Waals surface area contributed by atoms with E-state index in [9.17, 15) is 0 Å². The maximum atomic E-state index is 4.59. The standard InChI is InChI=1S/C16H14N4S/c1-11-9-17-15-12(5-4-8-20(11)15)10-21-16-18-13-6-2-3-7-14(13)19-16/h2-9H,10H2,1H3,(H,18,19). The second-order valence-electron chi connectivity index (χ2n) is 4.97. The number of pyridine rings is 1. The summed E-state index contributed by atoms with van der Waals surface area (Å²) in [6, 6.07) is 12.3. The van der Waals surface area contributed by atoms with Gasteiger partial charge in [0, 0.05) is 29.4 Å². The lowest BCUT2D eigenvalue weighted by Crippen LogP contribution is -1.92. The average molecular weight is 294 g/mol. The highest BCUT2D eigenvalue weighted by molar-refractivity contribution is 7.98. The van der Waals surface area contributed by atoms with Crippen LogP contribution in [0.1, 0.15) is 11.3 Å². The van der Waals surface area contributed by atoms with E-state index >= 15 is 0 Å². The zero-order valence-corrected chi connectivity index (χ0v) is 12.4. The van der Waals surface area contributed by atoms with Crippen molar-refractivity contribution in [2.75, 3.05) is 0 Å². The first-order valence-electron chi connectivity index (χ1n) is 6.80. The quantitative estimate of drug-likeness (QED) is 0.584. The summed E-state index contributed by atoms with van der Waals surface area (Å²) in [5.74, 6) is 0.848. The molecule has 104 valence electrons. The Hall–Kier alpha value is -2.27. The Balaban J connectivity index is 1.63. The molecule has 3 aromatic heterocycles. The van der Waals surface area contributed by atoms with E-state index in [0.29, 0.717) is 0 Å². The van der Waals surface area contributed by atoms with E-state index in [1.807, 2.05) is 36.7 Å². The lowest BCUT2D eigenvalue weighted by atomic mass is 10.3. The van der Waals surface area contributed by atoms with Gasteiger partial charge in [-0.15, -0.1) is 0 Å². The highest BCUT2D eigenvalue weighted by Crippen LogP contribution is 2.24. The number of aryl methyl sites for hydroxylation is 1. The minimum Gasteiger partial charge on any atom is -0.333 e. The van der Waals surface area contributed by atoms with Crippen molar-refractivity contribution >= 4 is 28.4 Å². The molecule has 0 saturated heterocycles. The topological polar surface area (TPSA) is 46.0 Å². The number of rotatable bonds is 3. The number of aromatic amines is 1. The third-order valence-corrected chi connectivity index (χ3v) is 4.46. The molecule has 0 fully saturated rings. The van der Waals surface area contributed by atoms with Gasteiger partial charge >= 0.3 is 0 Å². The molecule has 1 N–H and O–H groups in total. The molecule has 0 atom stereocenters. The third-order valence-electron chi connectivity index (χ3n) is 3.53. The van der Waals surface area contributed by atoms with Gasteiger partial charge in [0.1, 0.15) is 5.65 Å². The summed E-state index contributed by atoms with van der Waals surface area (Å²) in [4.78, 5) is 12.4. The van der Waals surface area contributed by atoms with Gasteiger partial charge in [-0.1, -0.05) is 30.0 Å². The summed E-state index contributed by atoms with van der Waals surface area (Å²) >= 11 is 1.70. The Labute approximate surface area is 126 Å². The molecule has 0 aliphatic carbocycles. The van der Waals surface area contributed by atoms with Crippen molar-refractivity contribution in [3.63, 3.8) is 0 Å². The number of hydrogen-bond donors (Lipinski definition) is 1. The van der Waals surface area contributed by atoms with Crippen LogP contribution in [0.3, 0.4) is 0 Å². The number of benzene rings is 1. The molecule has 1 aromatic carbocycles. The summed E-state index contributed by atoms with van der Waals surface area (Å²) in [6.07, 6.45) is 3.96. The summed E-state index contributed by atoms with van der Waals surface area (Å²) in [5, 5.41) is 0.946. The predicted octanol–water partition coefficient (Wildman–Crippen LogP) is 3.81. The van der Waals surface area contributed by atoms with Crippen LogP contribution in [0.25, 0.3) is 16.7 Å². The molecule has 0 spiro atoms. The summed E-state index contributed by atoms with van der Waals surface area (Å²) in [7, 11) is 0. The first-order valence-corrected chi connectivity index (χ1v) is 7.79. The number of H-pyrrole nitrogens is 1. The van der Waals surface area contributed by atoms with E-state index in [2.05, 4.69) is 38.4 Å². The van der Waals surface area contributed by atoms with Crippen molar-refractivity contribution in [2.45, 2.75) is 17.8 Å². The fraction of sp³-hybridized carbons (Fsp3) is 0.125. The van der Waals surface area contributed by atoms with Crippen LogP contribution in [0, 0.1) is 6.92 Å². The van der Waals surface area contributed by atoms with E-state index < -0.39 is 0 Å². The van der Waals surface area contributed by atoms with Crippen LogP contribution in [0.2, 0.25) is 0 Å². The number of imidazole rings is 2. The zero-order chi connectivity index (χ0) is 14.2. The predicted molar refractivity (Wildman–Crippen MR) is 85.6 cm³/mol. The van der Waals surface area contributed by atoms with Crippen molar-refractivity contribution in [2.24, 2.45) is 0 Å². The Morgan fingerprint density at radius 1 is 1.19 bits per heavy atom. The smallest absolute Gasteiger partial charge is 0.166 e. The van der Waals surface area contributed by atoms with Crippen LogP contribution in [0.5, 0.6) is 0 Å². The second kappa shape index (κ2) is 4.93. The number of thioether (sulfide) groups is 1. The van der Waals surface area contributed by atoms with Gasteiger partial charge in [0.15, 0.2) is 5.16 Å². The van der Waals surface area contributed by atoms with Crippen molar-refractivity contribution < 1.29 is 0 Å². The minimum atomic E-state index is 0.848. The van der Waals surface area contributed by atoms with Gasteiger partial charge in [0.2, 0.25) is 0 Å². The maximum Gasteiger partial charge on any atom is 0.166 e. The first-order chi connectivity index (χ1) is 10.3. The summed E-state index contributed by atoms with van der Waals surface area (Å²) < 4.78 is 2.12. The maximum absolute atomic E-state index is 4.59. The zero-order valence-electron chi connectivity index (χ0n) is 11.6. The highest BCUT2D eigenvalue weighted by Gasteiger charge is 2.07. The molecule has 4 rings (SSSR count). The number of aromatic nitrogens is 4. The van der Waals surface area contributed by atoms with Gasteiger partial charge in [-0.3, -0.25) is 0 Å². The van der Waals surface area contributed by atoms with Gasteiger partial charge in [-0.2, -0.15) is 0 Å². The molecule has 4 aromatic rings. The largest absolute Gasteiger partial charge is 0.333 e. The van der Waals surface area contributed by atoms with Crippen molar-refractivity contribution in [3.05, 3.63) is 60.0 Å². The van der Waals surface area contributed by atoms with E-state index in [4.69, 9.17) is 0 Å². The lowest BCUT2D eigenvalue weighted by molar-refractivity contribution is 1.07. The minimum absolute atomic E-state index is 0.848. The van der Waals surface area contributed by atoms with Crippen LogP contribution >= 0.6 is 11.8 Å². The molecule has 21 heavy (non-hydrogen) atoms. The average Bonchev–Trinajstić information content (AvgIpc) is 3.09. The third kappa shape index (κ3) is 2.19. The van der Waals surface area contributed by atoms with Crippen LogP contribution in [-0.4, -0.2) is 19.4 Å². The number of hydrogen-bond acceptors (Lipinski definition) is 3. The molecule has 0 aliphatic rings. The van der Waals surface area contributed by atoms with E-state index in [1.54, 1.807) is 11.8 Å². The van der Waals surface area contributed by atoms with Crippen LogP contribution in [0.4, 0.5) is 0 Å². The first kappa shape index (κ1) is 12.5. The number of nitrogens with one attached hydrogen (secondary N) is 1. The Morgan fingerprint density at radius 2 is 2.10 bits per heavy atom. The molecule has 0 amide bonds. The Kier molecular flexibility index (Phi) is 2.93.